The van der Waals surface area contributed by atoms with Gasteiger partial charge in [0, 0.05) is 17.3 Å². The van der Waals surface area contributed by atoms with Crippen LogP contribution in [0.4, 0.5) is 11.4 Å². The average molecular weight is 355 g/mol. The van der Waals surface area contributed by atoms with Crippen molar-refractivity contribution in [3.05, 3.63) is 53.1 Å². The molecule has 0 saturated heterocycles. The SMILES string of the molecule is COc1ccc(NC(=O)c2cccc(NS(C)(=O)=O)c2)c(Cl)c1. The number of carbonyl (C=O) groups is 1. The van der Waals surface area contributed by atoms with Crippen molar-refractivity contribution < 1.29 is 17.9 Å². The minimum Gasteiger partial charge on any atom is -0.497 e. The Labute approximate surface area is 139 Å². The van der Waals surface area contributed by atoms with Crippen molar-refractivity contribution in [2.24, 2.45) is 0 Å². The molecule has 2 rings (SSSR count). The van der Waals surface area contributed by atoms with Crippen LogP contribution in [0.25, 0.3) is 0 Å². The second kappa shape index (κ2) is 6.89. The Morgan fingerprint density at radius 1 is 1.17 bits per heavy atom. The molecule has 122 valence electrons. The van der Waals surface area contributed by atoms with Crippen LogP contribution in [-0.4, -0.2) is 27.7 Å². The molecule has 23 heavy (non-hydrogen) atoms. The number of ether oxygens (including phenoxy) is 1. The number of amides is 1. The summed E-state index contributed by atoms with van der Waals surface area (Å²) < 4.78 is 29.8. The van der Waals surface area contributed by atoms with Gasteiger partial charge in [-0.1, -0.05) is 17.7 Å². The van der Waals surface area contributed by atoms with E-state index in [0.717, 1.165) is 6.26 Å². The Balaban J connectivity index is 2.19. The van der Waals surface area contributed by atoms with Crippen molar-refractivity contribution in [2.75, 3.05) is 23.4 Å². The summed E-state index contributed by atoms with van der Waals surface area (Å²) in [6.45, 7) is 0. The maximum Gasteiger partial charge on any atom is 0.255 e. The number of benzene rings is 2. The fraction of sp³-hybridized carbons (Fsp3) is 0.133. The van der Waals surface area contributed by atoms with Gasteiger partial charge in [-0.05, 0) is 30.3 Å². The van der Waals surface area contributed by atoms with Crippen molar-refractivity contribution in [2.45, 2.75) is 0 Å². The summed E-state index contributed by atoms with van der Waals surface area (Å²) in [4.78, 5) is 12.3. The predicted molar refractivity (Wildman–Crippen MR) is 90.9 cm³/mol. The van der Waals surface area contributed by atoms with Gasteiger partial charge in [-0.3, -0.25) is 9.52 Å². The second-order valence-corrected chi connectivity index (χ2v) is 6.91. The first kappa shape index (κ1) is 17.1. The van der Waals surface area contributed by atoms with Crippen molar-refractivity contribution in [3.63, 3.8) is 0 Å². The number of carbonyl (C=O) groups excluding carboxylic acids is 1. The van der Waals surface area contributed by atoms with Crippen molar-refractivity contribution in [1.29, 1.82) is 0 Å². The molecule has 2 aromatic rings. The molecule has 0 aliphatic carbocycles. The third kappa shape index (κ3) is 4.87. The molecule has 2 aromatic carbocycles. The summed E-state index contributed by atoms with van der Waals surface area (Å²) in [5.41, 5.74) is 1.03. The Kier molecular flexibility index (Phi) is 5.12. The Morgan fingerprint density at radius 2 is 1.91 bits per heavy atom. The third-order valence-electron chi connectivity index (χ3n) is 2.85. The lowest BCUT2D eigenvalue weighted by Crippen LogP contribution is -2.14. The summed E-state index contributed by atoms with van der Waals surface area (Å²) in [7, 11) is -1.89. The van der Waals surface area contributed by atoms with E-state index in [1.54, 1.807) is 36.4 Å². The molecule has 0 heterocycles. The largest absolute Gasteiger partial charge is 0.497 e. The normalized spacial score (nSPS) is 10.9. The van der Waals surface area contributed by atoms with E-state index in [-0.39, 0.29) is 0 Å². The van der Waals surface area contributed by atoms with Gasteiger partial charge >= 0.3 is 0 Å². The Hall–Kier alpha value is -2.25. The number of methoxy groups -OCH3 is 1. The average Bonchev–Trinajstić information content (AvgIpc) is 2.47. The first-order valence-corrected chi connectivity index (χ1v) is 8.78. The topological polar surface area (TPSA) is 84.5 Å². The molecule has 0 spiro atoms. The Bertz CT molecular complexity index is 837. The van der Waals surface area contributed by atoms with Crippen LogP contribution in [0.3, 0.4) is 0 Å². The van der Waals surface area contributed by atoms with Gasteiger partial charge in [0.1, 0.15) is 5.75 Å². The van der Waals surface area contributed by atoms with E-state index in [9.17, 15) is 13.2 Å². The van der Waals surface area contributed by atoms with Crippen LogP contribution in [0.15, 0.2) is 42.5 Å². The highest BCUT2D eigenvalue weighted by atomic mass is 35.5. The highest BCUT2D eigenvalue weighted by molar-refractivity contribution is 7.92. The van der Waals surface area contributed by atoms with Crippen LogP contribution >= 0.6 is 11.6 Å². The number of sulfonamides is 1. The molecule has 0 aliphatic heterocycles. The lowest BCUT2D eigenvalue weighted by atomic mass is 10.2. The number of hydrogen-bond donors (Lipinski definition) is 2. The summed E-state index contributed by atoms with van der Waals surface area (Å²) in [5.74, 6) is 0.168. The molecule has 0 unspecified atom stereocenters. The molecular weight excluding hydrogens is 340 g/mol. The van der Waals surface area contributed by atoms with Gasteiger partial charge < -0.3 is 10.1 Å². The van der Waals surface area contributed by atoms with E-state index in [2.05, 4.69) is 10.0 Å². The number of halogens is 1. The summed E-state index contributed by atoms with van der Waals surface area (Å²) >= 11 is 6.07. The van der Waals surface area contributed by atoms with Crippen LogP contribution in [0.5, 0.6) is 5.75 Å². The third-order valence-corrected chi connectivity index (χ3v) is 3.77. The maximum absolute atomic E-state index is 12.3. The fourth-order valence-corrected chi connectivity index (χ4v) is 2.63. The van der Waals surface area contributed by atoms with Gasteiger partial charge in [0.25, 0.3) is 5.91 Å². The predicted octanol–water partition coefficient (Wildman–Crippen LogP) is 2.97. The molecular formula is C15H15ClN2O4S. The minimum atomic E-state index is -3.41. The molecule has 0 saturated carbocycles. The van der Waals surface area contributed by atoms with Gasteiger partial charge in [-0.25, -0.2) is 8.42 Å². The molecule has 0 aromatic heterocycles. The van der Waals surface area contributed by atoms with Gasteiger partial charge in [0.15, 0.2) is 0 Å². The molecule has 0 fully saturated rings. The van der Waals surface area contributed by atoms with E-state index < -0.39 is 15.9 Å². The van der Waals surface area contributed by atoms with Crippen molar-refractivity contribution in [1.82, 2.24) is 0 Å². The van der Waals surface area contributed by atoms with Crippen LogP contribution in [-0.2, 0) is 10.0 Å². The summed E-state index contributed by atoms with van der Waals surface area (Å²) in [6, 6.07) is 11.0. The molecule has 0 radical (unpaired) electrons. The molecule has 0 atom stereocenters. The van der Waals surface area contributed by atoms with Gasteiger partial charge in [0.2, 0.25) is 10.0 Å². The van der Waals surface area contributed by atoms with Crippen LogP contribution < -0.4 is 14.8 Å². The molecule has 1 amide bonds. The molecule has 0 bridgehead atoms. The fourth-order valence-electron chi connectivity index (χ4n) is 1.86. The number of hydrogen-bond acceptors (Lipinski definition) is 4. The van der Waals surface area contributed by atoms with Gasteiger partial charge in [-0.2, -0.15) is 0 Å². The quantitative estimate of drug-likeness (QED) is 0.864. The smallest absolute Gasteiger partial charge is 0.255 e. The van der Waals surface area contributed by atoms with Gasteiger partial charge in [-0.15, -0.1) is 0 Å². The first-order chi connectivity index (χ1) is 10.8. The summed E-state index contributed by atoms with van der Waals surface area (Å²) in [6.07, 6.45) is 1.04. The van der Waals surface area contributed by atoms with E-state index in [1.807, 2.05) is 0 Å². The molecule has 6 nitrogen and oxygen atoms in total. The second-order valence-electron chi connectivity index (χ2n) is 4.75. The minimum absolute atomic E-state index is 0.297. The van der Waals surface area contributed by atoms with E-state index in [0.29, 0.717) is 27.7 Å². The first-order valence-electron chi connectivity index (χ1n) is 6.51. The highest BCUT2D eigenvalue weighted by Crippen LogP contribution is 2.27. The van der Waals surface area contributed by atoms with Crippen LogP contribution in [0, 0.1) is 0 Å². The zero-order chi connectivity index (χ0) is 17.0. The lowest BCUT2D eigenvalue weighted by Gasteiger charge is -2.10. The van der Waals surface area contributed by atoms with Crippen molar-refractivity contribution >= 4 is 38.9 Å². The van der Waals surface area contributed by atoms with E-state index in [4.69, 9.17) is 16.3 Å². The van der Waals surface area contributed by atoms with Crippen LogP contribution in [0.2, 0.25) is 5.02 Å². The standard InChI is InChI=1S/C15H15ClN2O4S/c1-22-12-6-7-14(13(16)9-12)17-15(19)10-4-3-5-11(8-10)18-23(2,20)21/h3-9,18H,1-2H3,(H,17,19). The Morgan fingerprint density at radius 3 is 2.52 bits per heavy atom. The maximum atomic E-state index is 12.3. The lowest BCUT2D eigenvalue weighted by molar-refractivity contribution is 0.102. The van der Waals surface area contributed by atoms with Crippen LogP contribution in [0.1, 0.15) is 10.4 Å². The van der Waals surface area contributed by atoms with Gasteiger partial charge in [0.05, 0.1) is 24.1 Å². The zero-order valence-electron chi connectivity index (χ0n) is 12.5. The number of nitrogens with one attached hydrogen (secondary N) is 2. The highest BCUT2D eigenvalue weighted by Gasteiger charge is 2.11. The molecule has 0 aliphatic rings. The monoisotopic (exact) mass is 354 g/mol. The van der Waals surface area contributed by atoms with E-state index >= 15 is 0 Å². The molecule has 2 N–H and O–H groups in total. The number of rotatable bonds is 5. The van der Waals surface area contributed by atoms with Crippen molar-refractivity contribution in [3.8, 4) is 5.75 Å². The number of anilines is 2. The summed E-state index contributed by atoms with van der Waals surface area (Å²) in [5, 5.41) is 3.00. The van der Waals surface area contributed by atoms with E-state index in [1.165, 1.54) is 13.2 Å². The zero-order valence-corrected chi connectivity index (χ0v) is 14.0. The molecule has 8 heteroatoms.